The van der Waals surface area contributed by atoms with Crippen molar-refractivity contribution in [3.05, 3.63) is 59.7 Å². The van der Waals surface area contributed by atoms with Gasteiger partial charge >= 0.3 is 0 Å². The van der Waals surface area contributed by atoms with E-state index in [-0.39, 0.29) is 12.5 Å². The van der Waals surface area contributed by atoms with Gasteiger partial charge in [0.2, 0.25) is 5.91 Å². The van der Waals surface area contributed by atoms with Crippen LogP contribution in [0.25, 0.3) is 0 Å². The summed E-state index contributed by atoms with van der Waals surface area (Å²) in [6, 6.07) is 15.4. The van der Waals surface area contributed by atoms with Crippen LogP contribution in [0.4, 0.5) is 0 Å². The predicted molar refractivity (Wildman–Crippen MR) is 93.9 cm³/mol. The third-order valence-electron chi connectivity index (χ3n) is 3.51. The van der Waals surface area contributed by atoms with Crippen LogP contribution in [0, 0.1) is 12.3 Å². The molecule has 0 unspecified atom stereocenters. The molecule has 1 N–H and O–H groups in total. The maximum absolute atomic E-state index is 12.0. The maximum atomic E-state index is 12.0. The topological polar surface area (TPSA) is 47.6 Å². The van der Waals surface area contributed by atoms with E-state index in [1.54, 1.807) is 7.11 Å². The summed E-state index contributed by atoms with van der Waals surface area (Å²) in [5.41, 5.74) is 2.09. The Labute approximate surface area is 142 Å². The Morgan fingerprint density at radius 1 is 1.12 bits per heavy atom. The molecule has 0 aromatic heterocycles. The van der Waals surface area contributed by atoms with E-state index in [9.17, 15) is 4.79 Å². The zero-order chi connectivity index (χ0) is 17.2. The highest BCUT2D eigenvalue weighted by atomic mass is 16.5. The Balaban J connectivity index is 1.85. The minimum atomic E-state index is 0.0190. The number of terminal acetylenes is 1. The Kier molecular flexibility index (Phi) is 6.73. The maximum Gasteiger partial charge on any atom is 0.220 e. The number of nitrogens with one attached hydrogen (secondary N) is 1. The summed E-state index contributed by atoms with van der Waals surface area (Å²) in [6.45, 7) is 0.736. The van der Waals surface area contributed by atoms with Gasteiger partial charge in [-0.05, 0) is 29.7 Å². The Morgan fingerprint density at radius 2 is 1.92 bits per heavy atom. The second-order valence-electron chi connectivity index (χ2n) is 5.24. The van der Waals surface area contributed by atoms with Crippen LogP contribution in [0.5, 0.6) is 11.5 Å². The summed E-state index contributed by atoms with van der Waals surface area (Å²) in [5.74, 6) is 3.66. The van der Waals surface area contributed by atoms with Gasteiger partial charge < -0.3 is 14.8 Å². The summed E-state index contributed by atoms with van der Waals surface area (Å²) in [5, 5.41) is 2.92. The summed E-state index contributed by atoms with van der Waals surface area (Å²) < 4.78 is 10.7. The molecule has 24 heavy (non-hydrogen) atoms. The smallest absolute Gasteiger partial charge is 0.220 e. The molecule has 0 atom stereocenters. The largest absolute Gasteiger partial charge is 0.493 e. The van der Waals surface area contributed by atoms with Crippen molar-refractivity contribution in [2.45, 2.75) is 19.4 Å². The average molecular weight is 323 g/mol. The number of rotatable bonds is 8. The number of methoxy groups -OCH3 is 1. The van der Waals surface area contributed by atoms with Crippen LogP contribution in [0.15, 0.2) is 48.5 Å². The standard InChI is InChI=1S/C20H21NO3/c1-3-13-24-18-11-9-16(14-19(18)23-2)10-12-20(22)21-15-17-7-5-4-6-8-17/h1,4-9,11,14H,10,12-13,15H2,2H3,(H,21,22). The third kappa shape index (κ3) is 5.36. The normalized spacial score (nSPS) is 9.83. The molecule has 124 valence electrons. The van der Waals surface area contributed by atoms with E-state index < -0.39 is 0 Å². The van der Waals surface area contributed by atoms with E-state index in [0.29, 0.717) is 30.9 Å². The van der Waals surface area contributed by atoms with Crippen molar-refractivity contribution in [1.29, 1.82) is 0 Å². The van der Waals surface area contributed by atoms with E-state index in [1.165, 1.54) is 0 Å². The molecule has 0 aliphatic rings. The molecule has 0 heterocycles. The molecular formula is C20H21NO3. The number of amides is 1. The minimum Gasteiger partial charge on any atom is -0.493 e. The van der Waals surface area contributed by atoms with E-state index in [0.717, 1.165) is 11.1 Å². The zero-order valence-corrected chi connectivity index (χ0v) is 13.7. The van der Waals surface area contributed by atoms with Crippen LogP contribution in [0.3, 0.4) is 0 Å². The minimum absolute atomic E-state index is 0.0190. The van der Waals surface area contributed by atoms with Gasteiger partial charge in [-0.3, -0.25) is 4.79 Å². The lowest BCUT2D eigenvalue weighted by atomic mass is 10.1. The Morgan fingerprint density at radius 3 is 2.62 bits per heavy atom. The van der Waals surface area contributed by atoms with Crippen molar-refractivity contribution in [2.24, 2.45) is 0 Å². The fourth-order valence-corrected chi connectivity index (χ4v) is 2.25. The van der Waals surface area contributed by atoms with Gasteiger partial charge in [0.05, 0.1) is 7.11 Å². The molecule has 0 spiro atoms. The fourth-order valence-electron chi connectivity index (χ4n) is 2.25. The summed E-state index contributed by atoms with van der Waals surface area (Å²) in [6.07, 6.45) is 6.24. The lowest BCUT2D eigenvalue weighted by molar-refractivity contribution is -0.121. The van der Waals surface area contributed by atoms with E-state index in [2.05, 4.69) is 11.2 Å². The fraction of sp³-hybridized carbons (Fsp3) is 0.250. The highest BCUT2D eigenvalue weighted by molar-refractivity contribution is 5.76. The van der Waals surface area contributed by atoms with Gasteiger partial charge in [0.1, 0.15) is 6.61 Å². The number of carbonyl (C=O) groups is 1. The van der Waals surface area contributed by atoms with Crippen molar-refractivity contribution in [1.82, 2.24) is 5.32 Å². The van der Waals surface area contributed by atoms with Gasteiger partial charge in [0, 0.05) is 13.0 Å². The molecular weight excluding hydrogens is 302 g/mol. The van der Waals surface area contributed by atoms with Crippen molar-refractivity contribution in [3.8, 4) is 23.8 Å². The van der Waals surface area contributed by atoms with Gasteiger partial charge in [-0.25, -0.2) is 0 Å². The second-order valence-corrected chi connectivity index (χ2v) is 5.24. The molecule has 0 aliphatic carbocycles. The van der Waals surface area contributed by atoms with Gasteiger partial charge in [-0.1, -0.05) is 42.3 Å². The molecule has 2 aromatic carbocycles. The third-order valence-corrected chi connectivity index (χ3v) is 3.51. The number of benzene rings is 2. The van der Waals surface area contributed by atoms with Crippen LogP contribution in [-0.4, -0.2) is 19.6 Å². The molecule has 4 nitrogen and oxygen atoms in total. The van der Waals surface area contributed by atoms with Crippen LogP contribution in [-0.2, 0) is 17.8 Å². The average Bonchev–Trinajstić information content (AvgIpc) is 2.64. The first-order chi connectivity index (χ1) is 11.7. The molecule has 0 aliphatic heterocycles. The molecule has 4 heteroatoms. The first kappa shape index (κ1) is 17.4. The molecule has 2 aromatic rings. The number of carbonyl (C=O) groups excluding carboxylic acids is 1. The predicted octanol–water partition coefficient (Wildman–Crippen LogP) is 2.96. The molecule has 1 amide bonds. The van der Waals surface area contributed by atoms with Gasteiger partial charge in [-0.2, -0.15) is 0 Å². The van der Waals surface area contributed by atoms with Crippen LogP contribution < -0.4 is 14.8 Å². The Hall–Kier alpha value is -2.93. The molecule has 0 bridgehead atoms. The SMILES string of the molecule is C#CCOc1ccc(CCC(=O)NCc2ccccc2)cc1OC. The van der Waals surface area contributed by atoms with E-state index in [1.807, 2.05) is 48.5 Å². The van der Waals surface area contributed by atoms with E-state index in [4.69, 9.17) is 15.9 Å². The summed E-state index contributed by atoms with van der Waals surface area (Å²) in [7, 11) is 1.58. The monoisotopic (exact) mass is 323 g/mol. The highest BCUT2D eigenvalue weighted by Crippen LogP contribution is 2.28. The first-order valence-electron chi connectivity index (χ1n) is 7.76. The second kappa shape index (κ2) is 9.26. The van der Waals surface area contributed by atoms with Crippen molar-refractivity contribution in [3.63, 3.8) is 0 Å². The molecule has 0 saturated heterocycles. The molecule has 0 fully saturated rings. The molecule has 0 radical (unpaired) electrons. The number of ether oxygens (including phenoxy) is 2. The lowest BCUT2D eigenvalue weighted by Crippen LogP contribution is -2.22. The highest BCUT2D eigenvalue weighted by Gasteiger charge is 2.07. The van der Waals surface area contributed by atoms with Crippen molar-refractivity contribution >= 4 is 5.91 Å². The van der Waals surface area contributed by atoms with Gasteiger partial charge in [0.25, 0.3) is 0 Å². The van der Waals surface area contributed by atoms with Crippen molar-refractivity contribution in [2.75, 3.05) is 13.7 Å². The van der Waals surface area contributed by atoms with E-state index >= 15 is 0 Å². The first-order valence-corrected chi connectivity index (χ1v) is 7.76. The quantitative estimate of drug-likeness (QED) is 0.760. The summed E-state index contributed by atoms with van der Waals surface area (Å²) >= 11 is 0. The number of hydrogen-bond donors (Lipinski definition) is 1. The van der Waals surface area contributed by atoms with Crippen LogP contribution in [0.2, 0.25) is 0 Å². The van der Waals surface area contributed by atoms with Crippen molar-refractivity contribution < 1.29 is 14.3 Å². The molecule has 2 rings (SSSR count). The zero-order valence-electron chi connectivity index (χ0n) is 13.7. The van der Waals surface area contributed by atoms with Crippen LogP contribution in [0.1, 0.15) is 17.5 Å². The number of hydrogen-bond acceptors (Lipinski definition) is 3. The number of aryl methyl sites for hydroxylation is 1. The van der Waals surface area contributed by atoms with Crippen LogP contribution >= 0.6 is 0 Å². The molecule has 0 saturated carbocycles. The van der Waals surface area contributed by atoms with Gasteiger partial charge in [0.15, 0.2) is 11.5 Å². The lowest BCUT2D eigenvalue weighted by Gasteiger charge is -2.11. The van der Waals surface area contributed by atoms with Gasteiger partial charge in [-0.15, -0.1) is 6.42 Å². The Bertz CT molecular complexity index is 705. The summed E-state index contributed by atoms with van der Waals surface area (Å²) in [4.78, 5) is 12.0.